The van der Waals surface area contributed by atoms with Crippen LogP contribution in [-0.2, 0) is 4.79 Å². The van der Waals surface area contributed by atoms with E-state index < -0.39 is 6.04 Å². The molecule has 74 valence electrons. The van der Waals surface area contributed by atoms with Crippen LogP contribution in [0.5, 0.6) is 0 Å². The molecule has 0 aromatic heterocycles. The van der Waals surface area contributed by atoms with Crippen molar-refractivity contribution in [2.45, 2.75) is 13.0 Å². The van der Waals surface area contributed by atoms with Crippen molar-refractivity contribution in [1.29, 1.82) is 0 Å². The maximum atomic E-state index is 11.4. The highest BCUT2D eigenvalue weighted by Crippen LogP contribution is 2.16. The van der Waals surface area contributed by atoms with Crippen molar-refractivity contribution in [2.24, 2.45) is 5.18 Å². The fourth-order valence-corrected chi connectivity index (χ4v) is 1.17. The molecule has 4 nitrogen and oxygen atoms in total. The molecule has 0 aliphatic carbocycles. The fraction of sp³-hybridized carbons (Fsp3) is 0.300. The molecule has 1 aromatic carbocycles. The summed E-state index contributed by atoms with van der Waals surface area (Å²) in [6, 6.07) is 7.85. The second kappa shape index (κ2) is 5.11. The molecule has 0 radical (unpaired) electrons. The minimum Gasteiger partial charge on any atom is -0.354 e. The lowest BCUT2D eigenvalue weighted by Gasteiger charge is -2.08. The summed E-state index contributed by atoms with van der Waals surface area (Å²) in [7, 11) is 0. The standard InChI is InChI=1S/C10H12N2O2/c1-2-11-10(13)9(12-14)8-6-4-3-5-7-8/h3-7,9H,2H2,1H3,(H,11,13). The molecule has 1 amide bonds. The number of hydrogen-bond donors (Lipinski definition) is 1. The van der Waals surface area contributed by atoms with Gasteiger partial charge in [-0.05, 0) is 12.5 Å². The van der Waals surface area contributed by atoms with Crippen LogP contribution in [0.3, 0.4) is 0 Å². The third kappa shape index (κ3) is 2.39. The fourth-order valence-electron chi connectivity index (χ4n) is 1.17. The van der Waals surface area contributed by atoms with Crippen molar-refractivity contribution in [3.8, 4) is 0 Å². The number of carbonyl (C=O) groups is 1. The summed E-state index contributed by atoms with van der Waals surface area (Å²) in [5, 5.41) is 5.38. The first-order valence-corrected chi connectivity index (χ1v) is 4.44. The summed E-state index contributed by atoms with van der Waals surface area (Å²) in [5.41, 5.74) is 0.619. The highest BCUT2D eigenvalue weighted by atomic mass is 16.3. The van der Waals surface area contributed by atoms with E-state index in [4.69, 9.17) is 0 Å². The van der Waals surface area contributed by atoms with Crippen LogP contribution in [0.15, 0.2) is 35.5 Å². The van der Waals surface area contributed by atoms with E-state index >= 15 is 0 Å². The minimum absolute atomic E-state index is 0.353. The van der Waals surface area contributed by atoms with Gasteiger partial charge in [0.1, 0.15) is 0 Å². The Morgan fingerprint density at radius 2 is 2.07 bits per heavy atom. The van der Waals surface area contributed by atoms with Gasteiger partial charge in [-0.2, -0.15) is 0 Å². The van der Waals surface area contributed by atoms with E-state index in [2.05, 4.69) is 10.5 Å². The number of nitrogens with zero attached hydrogens (tertiary/aromatic N) is 1. The number of amides is 1. The molecule has 0 spiro atoms. The van der Waals surface area contributed by atoms with Crippen LogP contribution in [0.25, 0.3) is 0 Å². The van der Waals surface area contributed by atoms with E-state index in [1.165, 1.54) is 0 Å². The highest BCUT2D eigenvalue weighted by Gasteiger charge is 2.19. The Balaban J connectivity index is 2.82. The predicted octanol–water partition coefficient (Wildman–Crippen LogP) is 1.63. The second-order valence-corrected chi connectivity index (χ2v) is 2.81. The summed E-state index contributed by atoms with van der Waals surface area (Å²) in [4.78, 5) is 21.9. The molecule has 4 heteroatoms. The van der Waals surface area contributed by atoms with Crippen LogP contribution in [-0.4, -0.2) is 12.5 Å². The number of rotatable bonds is 4. The van der Waals surface area contributed by atoms with E-state index in [-0.39, 0.29) is 5.91 Å². The Morgan fingerprint density at radius 1 is 1.43 bits per heavy atom. The SMILES string of the molecule is CCNC(=O)C(N=O)c1ccccc1. The Bertz CT molecular complexity index is 311. The van der Waals surface area contributed by atoms with Crippen molar-refractivity contribution in [2.75, 3.05) is 6.54 Å². The Morgan fingerprint density at radius 3 is 2.57 bits per heavy atom. The zero-order chi connectivity index (χ0) is 10.4. The van der Waals surface area contributed by atoms with E-state index in [1.54, 1.807) is 31.2 Å². The molecule has 1 unspecified atom stereocenters. The topological polar surface area (TPSA) is 58.5 Å². The van der Waals surface area contributed by atoms with Gasteiger partial charge in [0, 0.05) is 6.54 Å². The molecule has 0 bridgehead atoms. The summed E-state index contributed by atoms with van der Waals surface area (Å²) < 4.78 is 0. The van der Waals surface area contributed by atoms with E-state index in [9.17, 15) is 9.70 Å². The largest absolute Gasteiger partial charge is 0.354 e. The normalized spacial score (nSPS) is 11.8. The Hall–Kier alpha value is -1.71. The highest BCUT2D eigenvalue weighted by molar-refractivity contribution is 5.83. The number of nitroso groups, excluding NO2 is 1. The zero-order valence-corrected chi connectivity index (χ0v) is 7.93. The number of carbonyl (C=O) groups excluding carboxylic acids is 1. The quantitative estimate of drug-likeness (QED) is 0.737. The molecule has 0 heterocycles. The van der Waals surface area contributed by atoms with Gasteiger partial charge in [0.25, 0.3) is 5.91 Å². The van der Waals surface area contributed by atoms with Crippen LogP contribution in [0.2, 0.25) is 0 Å². The first-order chi connectivity index (χ1) is 6.79. The van der Waals surface area contributed by atoms with Gasteiger partial charge in [0.2, 0.25) is 0 Å². The maximum absolute atomic E-state index is 11.4. The van der Waals surface area contributed by atoms with Crippen molar-refractivity contribution in [1.82, 2.24) is 5.32 Å². The molecule has 1 N–H and O–H groups in total. The Labute approximate surface area is 82.3 Å². The predicted molar refractivity (Wildman–Crippen MR) is 53.7 cm³/mol. The maximum Gasteiger partial charge on any atom is 0.253 e. The van der Waals surface area contributed by atoms with Gasteiger partial charge >= 0.3 is 0 Å². The molecular weight excluding hydrogens is 180 g/mol. The van der Waals surface area contributed by atoms with Gasteiger partial charge < -0.3 is 5.32 Å². The zero-order valence-electron chi connectivity index (χ0n) is 7.93. The van der Waals surface area contributed by atoms with Gasteiger partial charge in [0.05, 0.1) is 0 Å². The van der Waals surface area contributed by atoms with Gasteiger partial charge in [0.15, 0.2) is 6.04 Å². The van der Waals surface area contributed by atoms with Crippen molar-refractivity contribution < 1.29 is 4.79 Å². The second-order valence-electron chi connectivity index (χ2n) is 2.81. The molecule has 0 fully saturated rings. The summed E-state index contributed by atoms with van der Waals surface area (Å²) in [5.74, 6) is -0.353. The Kier molecular flexibility index (Phi) is 3.79. The summed E-state index contributed by atoms with van der Waals surface area (Å²) in [6.45, 7) is 2.29. The molecular formula is C10H12N2O2. The minimum atomic E-state index is -0.934. The van der Waals surface area contributed by atoms with Crippen molar-refractivity contribution in [3.63, 3.8) is 0 Å². The number of hydrogen-bond acceptors (Lipinski definition) is 3. The van der Waals surface area contributed by atoms with Crippen LogP contribution < -0.4 is 5.32 Å². The van der Waals surface area contributed by atoms with Crippen molar-refractivity contribution >= 4 is 5.91 Å². The lowest BCUT2D eigenvalue weighted by molar-refractivity contribution is -0.122. The van der Waals surface area contributed by atoms with E-state index in [0.717, 1.165) is 0 Å². The molecule has 14 heavy (non-hydrogen) atoms. The van der Waals surface area contributed by atoms with Gasteiger partial charge in [-0.15, -0.1) is 4.91 Å². The molecule has 0 saturated carbocycles. The monoisotopic (exact) mass is 192 g/mol. The summed E-state index contributed by atoms with van der Waals surface area (Å²) >= 11 is 0. The van der Waals surface area contributed by atoms with Crippen LogP contribution in [0.1, 0.15) is 18.5 Å². The van der Waals surface area contributed by atoms with Crippen LogP contribution >= 0.6 is 0 Å². The van der Waals surface area contributed by atoms with Crippen LogP contribution in [0.4, 0.5) is 0 Å². The lowest BCUT2D eigenvalue weighted by atomic mass is 10.1. The number of nitrogens with one attached hydrogen (secondary N) is 1. The molecule has 0 aliphatic heterocycles. The molecule has 1 atom stereocenters. The van der Waals surface area contributed by atoms with Crippen molar-refractivity contribution in [3.05, 3.63) is 40.8 Å². The average Bonchev–Trinajstić information content (AvgIpc) is 2.21. The first kappa shape index (κ1) is 10.4. The average molecular weight is 192 g/mol. The lowest BCUT2D eigenvalue weighted by Crippen LogP contribution is -2.27. The van der Waals surface area contributed by atoms with Gasteiger partial charge in [-0.1, -0.05) is 35.5 Å². The molecule has 1 aromatic rings. The molecule has 0 aliphatic rings. The summed E-state index contributed by atoms with van der Waals surface area (Å²) in [6.07, 6.45) is 0. The third-order valence-electron chi connectivity index (χ3n) is 1.82. The molecule has 1 rings (SSSR count). The number of benzene rings is 1. The third-order valence-corrected chi connectivity index (χ3v) is 1.82. The smallest absolute Gasteiger partial charge is 0.253 e. The van der Waals surface area contributed by atoms with Crippen LogP contribution in [0, 0.1) is 4.91 Å². The van der Waals surface area contributed by atoms with E-state index in [0.29, 0.717) is 12.1 Å². The van der Waals surface area contributed by atoms with Gasteiger partial charge in [-0.3, -0.25) is 4.79 Å². The first-order valence-electron chi connectivity index (χ1n) is 4.44. The van der Waals surface area contributed by atoms with Gasteiger partial charge in [-0.25, -0.2) is 0 Å². The number of likely N-dealkylation sites (N-methyl/N-ethyl adjacent to an activating group) is 1. The van der Waals surface area contributed by atoms with E-state index in [1.807, 2.05) is 6.07 Å². The molecule has 0 saturated heterocycles.